The number of halogens is 2. The summed E-state index contributed by atoms with van der Waals surface area (Å²) in [6.07, 6.45) is 0.385. The Balaban J connectivity index is 2.02. The van der Waals surface area contributed by atoms with Crippen molar-refractivity contribution in [2.24, 2.45) is 7.05 Å². The maximum Gasteiger partial charge on any atom is 0.270 e. The number of nitrogens with zero attached hydrogens (tertiary/aromatic N) is 4. The summed E-state index contributed by atoms with van der Waals surface area (Å²) in [4.78, 5) is 1.36. The number of aryl methyl sites for hydroxylation is 1. The van der Waals surface area contributed by atoms with Gasteiger partial charge in [-0.3, -0.25) is 0 Å². The fourth-order valence-electron chi connectivity index (χ4n) is 3.07. The molecule has 0 spiro atoms. The Hall–Kier alpha value is -2.72. The van der Waals surface area contributed by atoms with Crippen molar-refractivity contribution < 1.29 is 17.2 Å². The van der Waals surface area contributed by atoms with Gasteiger partial charge in [0.05, 0.1) is 11.9 Å². The van der Waals surface area contributed by atoms with Crippen LogP contribution >= 0.6 is 0 Å². The molecule has 10 heteroatoms. The highest BCUT2D eigenvalue weighted by Crippen LogP contribution is 2.29. The van der Waals surface area contributed by atoms with Gasteiger partial charge in [0.15, 0.2) is 0 Å². The van der Waals surface area contributed by atoms with Crippen LogP contribution in [0.2, 0.25) is 0 Å². The van der Waals surface area contributed by atoms with Gasteiger partial charge in [-0.2, -0.15) is 4.80 Å². The molecule has 0 aliphatic heterocycles. The number of sulfonamides is 1. The zero-order chi connectivity index (χ0) is 23.0. The van der Waals surface area contributed by atoms with Gasteiger partial charge in [-0.05, 0) is 55.7 Å². The third kappa shape index (κ3) is 5.71. The van der Waals surface area contributed by atoms with E-state index in [-0.39, 0.29) is 16.3 Å². The van der Waals surface area contributed by atoms with E-state index in [0.29, 0.717) is 12.0 Å². The molecule has 7 nitrogen and oxygen atoms in total. The number of hydrogen-bond donors (Lipinski definition) is 1. The lowest BCUT2D eigenvalue weighted by Crippen LogP contribution is -2.40. The molecule has 2 aromatic carbocycles. The van der Waals surface area contributed by atoms with Crippen LogP contribution in [0.15, 0.2) is 47.4 Å². The van der Waals surface area contributed by atoms with Gasteiger partial charge in [0.1, 0.15) is 0 Å². The molecule has 0 unspecified atom stereocenters. The van der Waals surface area contributed by atoms with Crippen LogP contribution in [0.4, 0.5) is 8.78 Å². The van der Waals surface area contributed by atoms with Crippen LogP contribution in [0.25, 0.3) is 11.4 Å². The van der Waals surface area contributed by atoms with Crippen LogP contribution in [0, 0.1) is 0 Å². The number of rotatable bonds is 6. The van der Waals surface area contributed by atoms with E-state index in [4.69, 9.17) is 0 Å². The van der Waals surface area contributed by atoms with E-state index in [0.717, 1.165) is 18.1 Å². The largest absolute Gasteiger partial charge is 0.270 e. The van der Waals surface area contributed by atoms with Gasteiger partial charge in [0, 0.05) is 23.6 Å². The van der Waals surface area contributed by atoms with E-state index in [9.17, 15) is 17.2 Å². The molecular formula is C21H25F2N5O2S. The smallest absolute Gasteiger partial charge is 0.207 e. The van der Waals surface area contributed by atoms with Gasteiger partial charge >= 0.3 is 0 Å². The molecule has 1 heterocycles. The Morgan fingerprint density at radius 1 is 1.03 bits per heavy atom. The molecule has 1 N–H and O–H groups in total. The minimum atomic E-state index is -3.77. The first-order chi connectivity index (χ1) is 14.2. The van der Waals surface area contributed by atoms with Crippen molar-refractivity contribution in [3.8, 4) is 11.4 Å². The first-order valence-corrected chi connectivity index (χ1v) is 11.1. The Kier molecular flexibility index (Phi) is 5.98. The molecular weight excluding hydrogens is 424 g/mol. The van der Waals surface area contributed by atoms with Crippen molar-refractivity contribution in [1.29, 1.82) is 0 Å². The fraction of sp³-hybridized carbons (Fsp3) is 0.381. The highest BCUT2D eigenvalue weighted by Gasteiger charge is 2.25. The summed E-state index contributed by atoms with van der Waals surface area (Å²) < 4.78 is 55.2. The number of alkyl halides is 2. The number of benzene rings is 2. The quantitative estimate of drug-likeness (QED) is 0.620. The second-order valence-electron chi connectivity index (χ2n) is 8.54. The van der Waals surface area contributed by atoms with Crippen LogP contribution in [-0.4, -0.2) is 34.2 Å². The van der Waals surface area contributed by atoms with E-state index in [1.165, 1.54) is 29.1 Å². The van der Waals surface area contributed by atoms with Gasteiger partial charge in [0.25, 0.3) is 5.92 Å². The molecule has 0 saturated heterocycles. The second kappa shape index (κ2) is 8.08. The molecule has 0 bridgehead atoms. The van der Waals surface area contributed by atoms with Crippen molar-refractivity contribution in [2.45, 2.75) is 50.5 Å². The molecule has 0 radical (unpaired) electrons. The van der Waals surface area contributed by atoms with Crippen molar-refractivity contribution >= 4 is 10.0 Å². The molecule has 0 saturated carbocycles. The van der Waals surface area contributed by atoms with Crippen molar-refractivity contribution in [1.82, 2.24) is 24.9 Å². The van der Waals surface area contributed by atoms with E-state index >= 15 is 0 Å². The normalized spacial score (nSPS) is 12.9. The van der Waals surface area contributed by atoms with Crippen LogP contribution in [0.1, 0.15) is 44.4 Å². The van der Waals surface area contributed by atoms with Crippen LogP contribution < -0.4 is 4.72 Å². The second-order valence-corrected chi connectivity index (χ2v) is 10.2. The molecule has 0 aliphatic carbocycles. The Morgan fingerprint density at radius 2 is 1.68 bits per heavy atom. The van der Waals surface area contributed by atoms with Crippen molar-refractivity contribution in [3.63, 3.8) is 0 Å². The predicted octanol–water partition coefficient (Wildman–Crippen LogP) is 3.66. The lowest BCUT2D eigenvalue weighted by atomic mass is 9.98. The SMILES string of the molecule is Cn1nnc(-c2cc(S(=O)(=O)NC(C)(C)C)ccc2Cc2ccc(C(C)(F)F)cc2)n1. The molecule has 31 heavy (non-hydrogen) atoms. The molecule has 0 fully saturated rings. The van der Waals surface area contributed by atoms with E-state index in [2.05, 4.69) is 20.1 Å². The standard InChI is InChI=1S/C21H25F2N5O2S/c1-20(2,3)26-31(29,30)17-11-8-15(18(13-17)19-24-27-28(5)25-19)12-14-6-9-16(10-7-14)21(4,22)23/h6-11,13,26H,12H2,1-5H3. The topological polar surface area (TPSA) is 89.8 Å². The summed E-state index contributed by atoms with van der Waals surface area (Å²) in [5.74, 6) is -2.63. The van der Waals surface area contributed by atoms with Crippen molar-refractivity contribution in [2.75, 3.05) is 0 Å². The van der Waals surface area contributed by atoms with Crippen molar-refractivity contribution in [3.05, 3.63) is 59.2 Å². The Bertz CT molecular complexity index is 1180. The Labute approximate surface area is 180 Å². The number of aromatic nitrogens is 4. The Morgan fingerprint density at radius 3 is 2.19 bits per heavy atom. The van der Waals surface area contributed by atoms with E-state index < -0.39 is 21.5 Å². The highest BCUT2D eigenvalue weighted by atomic mass is 32.2. The average molecular weight is 450 g/mol. The predicted molar refractivity (Wildman–Crippen MR) is 113 cm³/mol. The number of tetrazole rings is 1. The van der Waals surface area contributed by atoms with Gasteiger partial charge in [0.2, 0.25) is 15.8 Å². The number of nitrogens with one attached hydrogen (secondary N) is 1. The molecule has 0 aliphatic rings. The van der Waals surface area contributed by atoms with Crippen LogP contribution in [0.5, 0.6) is 0 Å². The molecule has 0 atom stereocenters. The average Bonchev–Trinajstić information content (AvgIpc) is 3.06. The fourth-order valence-corrected chi connectivity index (χ4v) is 4.52. The summed E-state index contributed by atoms with van der Waals surface area (Å²) in [5, 5.41) is 12.1. The van der Waals surface area contributed by atoms with Crippen LogP contribution in [-0.2, 0) is 29.4 Å². The minimum absolute atomic E-state index is 0.0678. The molecule has 3 rings (SSSR count). The monoisotopic (exact) mass is 449 g/mol. The third-order valence-corrected chi connectivity index (χ3v) is 6.19. The van der Waals surface area contributed by atoms with E-state index in [1.54, 1.807) is 46.0 Å². The summed E-state index contributed by atoms with van der Waals surface area (Å²) in [7, 11) is -2.16. The first kappa shape index (κ1) is 23.0. The lowest BCUT2D eigenvalue weighted by molar-refractivity contribution is 0.0174. The summed E-state index contributed by atoms with van der Waals surface area (Å²) >= 11 is 0. The molecule has 3 aromatic rings. The lowest BCUT2D eigenvalue weighted by Gasteiger charge is -2.21. The minimum Gasteiger partial charge on any atom is -0.207 e. The summed E-state index contributed by atoms with van der Waals surface area (Å²) in [6.45, 7) is 6.12. The van der Waals surface area contributed by atoms with Gasteiger partial charge < -0.3 is 0 Å². The maximum absolute atomic E-state index is 13.5. The first-order valence-electron chi connectivity index (χ1n) is 9.63. The molecule has 1 aromatic heterocycles. The van der Waals surface area contributed by atoms with Gasteiger partial charge in [-0.1, -0.05) is 30.3 Å². The summed E-state index contributed by atoms with van der Waals surface area (Å²) in [6, 6.07) is 10.8. The van der Waals surface area contributed by atoms with Gasteiger partial charge in [-0.25, -0.2) is 21.9 Å². The molecule has 166 valence electrons. The zero-order valence-corrected chi connectivity index (χ0v) is 18.8. The van der Waals surface area contributed by atoms with Gasteiger partial charge in [-0.15, -0.1) is 10.2 Å². The number of hydrogen-bond acceptors (Lipinski definition) is 5. The third-order valence-electron chi connectivity index (χ3n) is 4.44. The molecule has 0 amide bonds. The maximum atomic E-state index is 13.5. The van der Waals surface area contributed by atoms with E-state index in [1.807, 2.05) is 0 Å². The van der Waals surface area contributed by atoms with Crippen LogP contribution in [0.3, 0.4) is 0 Å². The summed E-state index contributed by atoms with van der Waals surface area (Å²) in [5.41, 5.74) is 1.34. The highest BCUT2D eigenvalue weighted by molar-refractivity contribution is 7.89. The zero-order valence-electron chi connectivity index (χ0n) is 18.0.